The maximum absolute atomic E-state index is 13.3. The second kappa shape index (κ2) is 15.0. The quantitative estimate of drug-likeness (QED) is 0.122. The highest BCUT2D eigenvalue weighted by molar-refractivity contribution is 7.99. The molecular formula is C45H47N3O5S. The van der Waals surface area contributed by atoms with E-state index in [1.54, 1.807) is 11.8 Å². The number of urea groups is 1. The molecule has 3 N–H and O–H groups in total. The van der Waals surface area contributed by atoms with Crippen LogP contribution in [0, 0.1) is 23.7 Å². The number of carbonyl (C=O) groups is 1. The number of aliphatic hydroxyl groups excluding tert-OH is 1. The average Bonchev–Trinajstić information content (AvgIpc) is 3.62. The third-order valence-corrected chi connectivity index (χ3v) is 13.0. The van der Waals surface area contributed by atoms with E-state index in [-0.39, 0.29) is 36.3 Å². The molecule has 5 aliphatic rings. The van der Waals surface area contributed by atoms with E-state index in [9.17, 15) is 9.90 Å². The van der Waals surface area contributed by atoms with E-state index in [1.165, 1.54) is 19.3 Å². The SMILES string of the molecule is C[C@H]1[C@@H](CSc2nc(-c3ccccc3)c(-c3ccccc3)o2)O[C@@H](c2ccc(NC(=O)NC34CC5CC(CC(C5)C3)C4)cc2)O[C@H]1c1ccc(CO)cc1. The Morgan fingerprint density at radius 2 is 1.41 bits per heavy atom. The van der Waals surface area contributed by atoms with Gasteiger partial charge < -0.3 is 29.6 Å². The van der Waals surface area contributed by atoms with Gasteiger partial charge in [-0.3, -0.25) is 0 Å². The molecular weight excluding hydrogens is 695 g/mol. The molecule has 4 atom stereocenters. The van der Waals surface area contributed by atoms with E-state index in [4.69, 9.17) is 18.9 Å². The number of hydrogen-bond acceptors (Lipinski definition) is 7. The molecule has 0 unspecified atom stereocenters. The Labute approximate surface area is 321 Å². The van der Waals surface area contributed by atoms with Crippen molar-refractivity contribution in [3.8, 4) is 22.6 Å². The summed E-state index contributed by atoms with van der Waals surface area (Å²) in [6, 6.07) is 35.8. The molecule has 5 fully saturated rings. The molecule has 2 amide bonds. The largest absolute Gasteiger partial charge is 0.431 e. The maximum atomic E-state index is 13.3. The third-order valence-electron chi connectivity index (χ3n) is 12.0. The molecule has 0 spiro atoms. The summed E-state index contributed by atoms with van der Waals surface area (Å²) in [5.74, 6) is 3.63. The van der Waals surface area contributed by atoms with Crippen LogP contribution in [0.2, 0.25) is 0 Å². The van der Waals surface area contributed by atoms with Crippen LogP contribution in [0.4, 0.5) is 10.5 Å². The zero-order valence-electron chi connectivity index (χ0n) is 30.5. The average molecular weight is 742 g/mol. The topological polar surface area (TPSA) is 106 Å². The predicted molar refractivity (Wildman–Crippen MR) is 211 cm³/mol. The van der Waals surface area contributed by atoms with Crippen LogP contribution in [0.5, 0.6) is 0 Å². The van der Waals surface area contributed by atoms with Crippen molar-refractivity contribution in [1.29, 1.82) is 0 Å². The minimum Gasteiger partial charge on any atom is -0.431 e. The number of aliphatic hydroxyl groups is 1. The Bertz CT molecular complexity index is 1960. The summed E-state index contributed by atoms with van der Waals surface area (Å²) in [5.41, 5.74) is 6.22. The minimum absolute atomic E-state index is 0.0000889. The number of anilines is 1. The van der Waals surface area contributed by atoms with Crippen molar-refractivity contribution >= 4 is 23.5 Å². The molecule has 4 bridgehead atoms. The molecule has 54 heavy (non-hydrogen) atoms. The van der Waals surface area contributed by atoms with Crippen LogP contribution < -0.4 is 10.6 Å². The molecule has 4 saturated carbocycles. The second-order valence-corrected chi connectivity index (χ2v) is 16.9. The molecule has 4 aliphatic carbocycles. The van der Waals surface area contributed by atoms with Gasteiger partial charge in [-0.1, -0.05) is 116 Å². The highest BCUT2D eigenvalue weighted by atomic mass is 32.2. The molecule has 8 nitrogen and oxygen atoms in total. The maximum Gasteiger partial charge on any atom is 0.319 e. The highest BCUT2D eigenvalue weighted by Gasteiger charge is 2.51. The monoisotopic (exact) mass is 741 g/mol. The Kier molecular flexibility index (Phi) is 9.82. The number of nitrogens with one attached hydrogen (secondary N) is 2. The lowest BCUT2D eigenvalue weighted by molar-refractivity contribution is -0.268. The van der Waals surface area contributed by atoms with Crippen LogP contribution in [-0.4, -0.2) is 33.5 Å². The Balaban J connectivity index is 0.924. The number of benzene rings is 4. The lowest BCUT2D eigenvalue weighted by atomic mass is 9.53. The van der Waals surface area contributed by atoms with Crippen LogP contribution in [0.15, 0.2) is 119 Å². The fourth-order valence-corrected chi connectivity index (χ4v) is 10.8. The van der Waals surface area contributed by atoms with Crippen molar-refractivity contribution in [2.24, 2.45) is 23.7 Å². The normalized spacial score (nSPS) is 28.5. The van der Waals surface area contributed by atoms with Gasteiger partial charge in [0.05, 0.1) is 18.8 Å². The number of rotatable bonds is 10. The van der Waals surface area contributed by atoms with E-state index in [0.29, 0.717) is 11.0 Å². The number of hydrogen-bond donors (Lipinski definition) is 3. The molecule has 278 valence electrons. The molecule has 10 rings (SSSR count). The minimum atomic E-state index is -0.631. The van der Waals surface area contributed by atoms with Gasteiger partial charge in [-0.25, -0.2) is 9.78 Å². The summed E-state index contributed by atoms with van der Waals surface area (Å²) in [4.78, 5) is 18.3. The number of aromatic nitrogens is 1. The number of carbonyl (C=O) groups excluding carboxylic acids is 1. The summed E-state index contributed by atoms with van der Waals surface area (Å²) in [7, 11) is 0. The highest BCUT2D eigenvalue weighted by Crippen LogP contribution is 2.55. The fourth-order valence-electron chi connectivity index (χ4n) is 9.79. The first-order chi connectivity index (χ1) is 26.4. The van der Waals surface area contributed by atoms with Gasteiger partial charge in [0.2, 0.25) is 0 Å². The van der Waals surface area contributed by atoms with Gasteiger partial charge in [0.25, 0.3) is 5.22 Å². The Hall–Kier alpha value is -4.41. The van der Waals surface area contributed by atoms with E-state index < -0.39 is 6.29 Å². The first-order valence-electron chi connectivity index (χ1n) is 19.3. The smallest absolute Gasteiger partial charge is 0.319 e. The van der Waals surface area contributed by atoms with E-state index in [1.807, 2.05) is 97.1 Å². The van der Waals surface area contributed by atoms with Gasteiger partial charge in [-0.15, -0.1) is 0 Å². The molecule has 5 aromatic rings. The first-order valence-corrected chi connectivity index (χ1v) is 20.3. The van der Waals surface area contributed by atoms with Crippen LogP contribution in [0.25, 0.3) is 22.6 Å². The van der Waals surface area contributed by atoms with Crippen molar-refractivity contribution in [1.82, 2.24) is 10.3 Å². The van der Waals surface area contributed by atoms with Crippen molar-refractivity contribution in [3.63, 3.8) is 0 Å². The predicted octanol–water partition coefficient (Wildman–Crippen LogP) is 10.2. The van der Waals surface area contributed by atoms with Crippen molar-refractivity contribution in [3.05, 3.63) is 126 Å². The molecule has 4 aromatic carbocycles. The second-order valence-electron chi connectivity index (χ2n) is 15.9. The standard InChI is InChI=1S/C45H47N3O5S/c1-28-38(27-54-44-47-39(33-8-4-2-5-9-33)41(53-44)34-10-6-3-7-11-34)51-42(52-40(28)35-14-12-29(26-49)13-15-35)36-16-18-37(19-17-36)46-43(50)48-45-23-30-20-31(24-45)22-32(21-30)25-45/h2-19,28,30-32,38,40,42,49H,20-27H2,1H3,(H2,46,48,50)/t28-,30?,31?,32?,38+,40+,42+,45?/m0/s1. The van der Waals surface area contributed by atoms with E-state index >= 15 is 0 Å². The summed E-state index contributed by atoms with van der Waals surface area (Å²) in [6.45, 7) is 2.14. The summed E-state index contributed by atoms with van der Waals surface area (Å²) in [6.07, 6.45) is 6.27. The van der Waals surface area contributed by atoms with Gasteiger partial charge in [0.15, 0.2) is 12.1 Å². The third kappa shape index (κ3) is 7.35. The number of nitrogens with zero attached hydrogens (tertiary/aromatic N) is 1. The fraction of sp³-hybridized carbons (Fsp3) is 0.378. The van der Waals surface area contributed by atoms with Gasteiger partial charge >= 0.3 is 6.03 Å². The van der Waals surface area contributed by atoms with Crippen molar-refractivity contribution in [2.45, 2.75) is 81.3 Å². The van der Waals surface area contributed by atoms with Gasteiger partial charge in [-0.2, -0.15) is 0 Å². The van der Waals surface area contributed by atoms with Crippen LogP contribution >= 0.6 is 11.8 Å². The summed E-state index contributed by atoms with van der Waals surface area (Å²) in [5, 5.41) is 16.8. The summed E-state index contributed by atoms with van der Waals surface area (Å²) < 4.78 is 19.9. The number of oxazole rings is 1. The zero-order chi connectivity index (χ0) is 36.6. The Morgan fingerprint density at radius 3 is 2.04 bits per heavy atom. The Morgan fingerprint density at radius 1 is 0.796 bits per heavy atom. The molecule has 0 radical (unpaired) electrons. The lowest BCUT2D eigenvalue weighted by Crippen LogP contribution is -2.60. The van der Waals surface area contributed by atoms with E-state index in [0.717, 1.165) is 82.0 Å². The molecule has 1 aliphatic heterocycles. The van der Waals surface area contributed by atoms with Gasteiger partial charge in [0, 0.05) is 39.6 Å². The number of ether oxygens (including phenoxy) is 2. The van der Waals surface area contributed by atoms with Crippen molar-refractivity contribution in [2.75, 3.05) is 11.1 Å². The van der Waals surface area contributed by atoms with Crippen LogP contribution in [0.3, 0.4) is 0 Å². The van der Waals surface area contributed by atoms with Crippen LogP contribution in [0.1, 0.15) is 74.5 Å². The number of amides is 2. The first kappa shape index (κ1) is 35.3. The molecule has 9 heteroatoms. The summed E-state index contributed by atoms with van der Waals surface area (Å²) >= 11 is 1.54. The molecule has 1 saturated heterocycles. The van der Waals surface area contributed by atoms with Gasteiger partial charge in [0.1, 0.15) is 5.69 Å². The zero-order valence-corrected chi connectivity index (χ0v) is 31.3. The van der Waals surface area contributed by atoms with E-state index in [2.05, 4.69) is 29.7 Å². The lowest BCUT2D eigenvalue weighted by Gasteiger charge is -2.56. The van der Waals surface area contributed by atoms with Crippen molar-refractivity contribution < 1.29 is 23.8 Å². The number of thioether (sulfide) groups is 1. The molecule has 2 heterocycles. The molecule has 1 aromatic heterocycles. The van der Waals surface area contributed by atoms with Gasteiger partial charge in [-0.05, 0) is 79.5 Å². The van der Waals surface area contributed by atoms with Crippen LogP contribution in [-0.2, 0) is 16.1 Å².